The van der Waals surface area contributed by atoms with Gasteiger partial charge in [-0.15, -0.1) is 0 Å². The van der Waals surface area contributed by atoms with E-state index in [0.29, 0.717) is 24.3 Å². The van der Waals surface area contributed by atoms with Crippen LogP contribution in [0.25, 0.3) is 10.4 Å². The van der Waals surface area contributed by atoms with Crippen molar-refractivity contribution in [2.45, 2.75) is 21.9 Å². The van der Waals surface area contributed by atoms with Crippen LogP contribution in [0, 0.1) is 0 Å². The number of methoxy groups -OCH3 is 1. The van der Waals surface area contributed by atoms with E-state index in [2.05, 4.69) is 26.0 Å². The normalized spacial score (nSPS) is 25.1. The quantitative estimate of drug-likeness (QED) is 0.206. The Bertz CT molecular complexity index is 753. The van der Waals surface area contributed by atoms with Crippen LogP contribution in [0.3, 0.4) is 0 Å². The van der Waals surface area contributed by atoms with Crippen LogP contribution < -0.4 is 3.15 Å². The Balaban J connectivity index is 2.23. The van der Waals surface area contributed by atoms with Gasteiger partial charge in [-0.3, -0.25) is 0 Å². The second-order valence-electron chi connectivity index (χ2n) is 5.26. The molecule has 0 aromatic heterocycles. The van der Waals surface area contributed by atoms with Crippen LogP contribution in [0.4, 0.5) is 16.2 Å². The molecule has 0 saturated carbocycles. The Kier molecular flexibility index (Phi) is 4.27. The van der Waals surface area contributed by atoms with Gasteiger partial charge in [0.25, 0.3) is 0 Å². The first-order chi connectivity index (χ1) is 11.0. The number of carbonyl (C=O) groups excluding carboxylic acids is 1. The Morgan fingerprint density at radius 2 is 2.35 bits per heavy atom. The fraction of sp³-hybridized carbons (Fsp3) is 0.462. The van der Waals surface area contributed by atoms with Gasteiger partial charge in [0.2, 0.25) is 0 Å². The van der Waals surface area contributed by atoms with Crippen molar-refractivity contribution in [2.75, 3.05) is 16.8 Å². The van der Waals surface area contributed by atoms with Gasteiger partial charge in [0.15, 0.2) is 0 Å². The van der Waals surface area contributed by atoms with Crippen molar-refractivity contribution in [2.24, 2.45) is 5.11 Å². The first kappa shape index (κ1) is 16.5. The standard InChI is InChI=1S/C13H14BrN5O3Te/c1-22-12(20)18-7-6-13(14)8-4-3-5-9(16-17-15)10(8)19(11(13)18)23(2)21/h3-5,11H,6-7H2,1-2H3/t11-,13-/m0/s1. The molecule has 0 unspecified atom stereocenters. The number of halogens is 1. The van der Waals surface area contributed by atoms with Crippen LogP contribution in [0.2, 0.25) is 4.97 Å². The van der Waals surface area contributed by atoms with Gasteiger partial charge in [0.1, 0.15) is 0 Å². The van der Waals surface area contributed by atoms with Crippen molar-refractivity contribution in [1.82, 2.24) is 4.90 Å². The number of azide groups is 1. The van der Waals surface area contributed by atoms with Crippen molar-refractivity contribution >= 4 is 53.2 Å². The minimum atomic E-state index is -2.93. The molecule has 0 spiro atoms. The van der Waals surface area contributed by atoms with E-state index < -0.39 is 36.4 Å². The second kappa shape index (κ2) is 5.95. The number of hydrogen-bond donors (Lipinski definition) is 0. The van der Waals surface area contributed by atoms with Crippen molar-refractivity contribution in [3.8, 4) is 0 Å². The van der Waals surface area contributed by atoms with E-state index in [1.807, 2.05) is 6.07 Å². The van der Waals surface area contributed by atoms with Crippen LogP contribution >= 0.6 is 15.9 Å². The van der Waals surface area contributed by atoms with Gasteiger partial charge >= 0.3 is 149 Å². The number of amides is 1. The molecule has 1 aromatic carbocycles. The number of likely N-dealkylation sites (tertiary alicyclic amines) is 1. The fourth-order valence-electron chi connectivity index (χ4n) is 3.29. The van der Waals surface area contributed by atoms with Crippen LogP contribution in [-0.2, 0) is 12.2 Å². The topological polar surface area (TPSA) is 98.6 Å². The molecular weight excluding hydrogens is 482 g/mol. The van der Waals surface area contributed by atoms with Crippen LogP contribution in [0.1, 0.15) is 12.0 Å². The summed E-state index contributed by atoms with van der Waals surface area (Å²) in [6.07, 6.45) is -0.249. The summed E-state index contributed by atoms with van der Waals surface area (Å²) in [6.45, 7) is 0.496. The van der Waals surface area contributed by atoms with E-state index in [1.54, 1.807) is 25.2 Å². The number of alkyl halides is 1. The van der Waals surface area contributed by atoms with Gasteiger partial charge in [-0.05, 0) is 0 Å². The number of nitrogens with zero attached hydrogens (tertiary/aromatic N) is 5. The van der Waals surface area contributed by atoms with E-state index in [4.69, 9.17) is 10.3 Å². The number of carbonyl (C=O) groups is 1. The average Bonchev–Trinajstić information content (AvgIpc) is 2.99. The third kappa shape index (κ3) is 2.32. The average molecular weight is 496 g/mol. The Morgan fingerprint density at radius 3 is 2.96 bits per heavy atom. The van der Waals surface area contributed by atoms with Crippen molar-refractivity contribution in [1.29, 1.82) is 0 Å². The minimum absolute atomic E-state index is 0.423. The van der Waals surface area contributed by atoms with Crippen LogP contribution in [0.5, 0.6) is 0 Å². The molecule has 2 heterocycles. The number of hydrogen-bond acceptors (Lipinski definition) is 4. The van der Waals surface area contributed by atoms with E-state index in [-0.39, 0.29) is 0 Å². The summed E-state index contributed by atoms with van der Waals surface area (Å²) in [6, 6.07) is 5.40. The van der Waals surface area contributed by atoms with Gasteiger partial charge in [-0.25, -0.2) is 0 Å². The van der Waals surface area contributed by atoms with E-state index in [0.717, 1.165) is 5.56 Å². The summed E-state index contributed by atoms with van der Waals surface area (Å²) < 4.78 is 18.6. The Morgan fingerprint density at radius 1 is 1.61 bits per heavy atom. The summed E-state index contributed by atoms with van der Waals surface area (Å²) in [7, 11) is 1.33. The summed E-state index contributed by atoms with van der Waals surface area (Å²) >= 11 is 0.835. The molecule has 0 radical (unpaired) electrons. The molecule has 1 fully saturated rings. The molecule has 0 aliphatic carbocycles. The second-order valence-corrected chi connectivity index (χ2v) is 10.2. The van der Waals surface area contributed by atoms with Crippen molar-refractivity contribution < 1.29 is 12.6 Å². The molecule has 1 aromatic rings. The number of anilines is 1. The van der Waals surface area contributed by atoms with E-state index >= 15 is 0 Å². The Labute approximate surface area is 148 Å². The third-order valence-electron chi connectivity index (χ3n) is 4.16. The zero-order chi connectivity index (χ0) is 16.8. The van der Waals surface area contributed by atoms with E-state index in [9.17, 15) is 7.90 Å². The predicted octanol–water partition coefficient (Wildman–Crippen LogP) is 3.39. The zero-order valence-electron chi connectivity index (χ0n) is 12.5. The molecule has 2 aliphatic rings. The molecule has 1 saturated heterocycles. The summed E-state index contributed by atoms with van der Waals surface area (Å²) in [4.78, 5) is 18.2. The fourth-order valence-corrected chi connectivity index (χ4v) is 7.59. The van der Waals surface area contributed by atoms with Crippen molar-refractivity contribution in [3.05, 3.63) is 34.2 Å². The van der Waals surface area contributed by atoms with Gasteiger partial charge in [0.05, 0.1) is 0 Å². The van der Waals surface area contributed by atoms with Gasteiger partial charge in [0, 0.05) is 0 Å². The summed E-state index contributed by atoms with van der Waals surface area (Å²) in [5.74, 6) is 0. The number of para-hydroxylation sites is 1. The van der Waals surface area contributed by atoms with Crippen LogP contribution in [0.15, 0.2) is 23.3 Å². The van der Waals surface area contributed by atoms with Gasteiger partial charge < -0.3 is 0 Å². The predicted molar refractivity (Wildman–Crippen MR) is 88.2 cm³/mol. The SMILES string of the molecule is COC(=O)N1CC[C@]2(Br)c3cccc(N=[N+]=[N-])c3N([Te](C)=O)[C@H]12. The molecule has 2 aliphatic heterocycles. The number of fused-ring (bicyclic) bond motifs is 3. The monoisotopic (exact) mass is 497 g/mol. The number of benzene rings is 1. The summed E-state index contributed by atoms with van der Waals surface area (Å²) in [5, 5.41) is 3.73. The summed E-state index contributed by atoms with van der Waals surface area (Å²) in [5.41, 5.74) is 10.8. The molecule has 1 amide bonds. The number of rotatable bonds is 2. The molecule has 8 nitrogen and oxygen atoms in total. The zero-order valence-corrected chi connectivity index (χ0v) is 16.4. The molecule has 23 heavy (non-hydrogen) atoms. The van der Waals surface area contributed by atoms with E-state index in [1.165, 1.54) is 7.11 Å². The third-order valence-corrected chi connectivity index (χ3v) is 8.07. The molecule has 3 rings (SSSR count). The molecule has 0 N–H and O–H groups in total. The van der Waals surface area contributed by atoms with Gasteiger partial charge in [-0.2, -0.15) is 0 Å². The van der Waals surface area contributed by atoms with Gasteiger partial charge in [-0.1, -0.05) is 0 Å². The molecule has 10 heteroatoms. The van der Waals surface area contributed by atoms with Crippen molar-refractivity contribution in [3.63, 3.8) is 0 Å². The maximum atomic E-state index is 12.6. The first-order valence-electron chi connectivity index (χ1n) is 6.80. The molecule has 0 bridgehead atoms. The molecular formula is C13H14BrN5O3Te. The number of ether oxygens (including phenoxy) is 1. The maximum absolute atomic E-state index is 12.6. The van der Waals surface area contributed by atoms with Crippen LogP contribution in [-0.4, -0.2) is 50.6 Å². The molecule has 2 atom stereocenters. The first-order valence-corrected chi connectivity index (χ1v) is 11.9. The molecule has 122 valence electrons. The Hall–Kier alpha value is -1.33.